The number of nitrogens with one attached hydrogen (secondary N) is 1. The average Bonchev–Trinajstić information content (AvgIpc) is 2.99. The summed E-state index contributed by atoms with van der Waals surface area (Å²) in [6, 6.07) is 3.46. The number of esters is 1. The van der Waals surface area contributed by atoms with E-state index < -0.39 is 5.97 Å². The molecular weight excluding hydrogens is 354 g/mol. The number of benzene rings is 1. The first-order valence-electron chi connectivity index (χ1n) is 6.89. The lowest BCUT2D eigenvalue weighted by Crippen LogP contribution is -2.20. The number of hydrogen-bond donors (Lipinski definition) is 1. The van der Waals surface area contributed by atoms with Gasteiger partial charge in [0.05, 0.1) is 31.0 Å². The van der Waals surface area contributed by atoms with Crippen molar-refractivity contribution in [2.45, 2.75) is 19.4 Å². The number of Topliss-reactive ketones (excluding diaryl/α,β-unsaturated/α-hetero) is 1. The summed E-state index contributed by atoms with van der Waals surface area (Å²) in [6.45, 7) is 2.72. The molecule has 120 valence electrons. The lowest BCUT2D eigenvalue weighted by atomic mass is 10.1. The standard InChI is InChI=1S/C15H18BrNO5/c1-9(18)7-22-14-6-12(16)11(15(19)20-2)5-13(14)17-10-3-4-21-8-10/h5-6,10,17H,3-4,7-8H2,1-2H3. The van der Waals surface area contributed by atoms with Gasteiger partial charge in [0.1, 0.15) is 12.4 Å². The van der Waals surface area contributed by atoms with Gasteiger partial charge < -0.3 is 19.5 Å². The zero-order chi connectivity index (χ0) is 16.1. The van der Waals surface area contributed by atoms with Crippen LogP contribution in [0, 0.1) is 0 Å². The Morgan fingerprint density at radius 2 is 2.23 bits per heavy atom. The topological polar surface area (TPSA) is 73.9 Å². The minimum atomic E-state index is -0.448. The van der Waals surface area contributed by atoms with Crippen LogP contribution in [0.25, 0.3) is 0 Å². The number of rotatable bonds is 6. The predicted molar refractivity (Wildman–Crippen MR) is 84.5 cm³/mol. The Morgan fingerprint density at radius 1 is 1.45 bits per heavy atom. The van der Waals surface area contributed by atoms with Crippen LogP contribution in [-0.4, -0.2) is 44.7 Å². The van der Waals surface area contributed by atoms with E-state index in [0.717, 1.165) is 6.42 Å². The van der Waals surface area contributed by atoms with E-state index in [2.05, 4.69) is 21.2 Å². The summed E-state index contributed by atoms with van der Waals surface area (Å²) in [7, 11) is 1.33. The highest BCUT2D eigenvalue weighted by molar-refractivity contribution is 9.10. The highest BCUT2D eigenvalue weighted by Crippen LogP contribution is 2.33. The second-order valence-electron chi connectivity index (χ2n) is 5.02. The molecular formula is C15H18BrNO5. The maximum absolute atomic E-state index is 11.8. The minimum absolute atomic E-state index is 0.0279. The van der Waals surface area contributed by atoms with Crippen molar-refractivity contribution >= 4 is 33.4 Å². The van der Waals surface area contributed by atoms with E-state index in [1.54, 1.807) is 12.1 Å². The Morgan fingerprint density at radius 3 is 2.82 bits per heavy atom. The van der Waals surface area contributed by atoms with Gasteiger partial charge in [-0.05, 0) is 41.4 Å². The minimum Gasteiger partial charge on any atom is -0.484 e. The molecule has 22 heavy (non-hydrogen) atoms. The van der Waals surface area contributed by atoms with Crippen LogP contribution in [0.15, 0.2) is 16.6 Å². The molecule has 7 heteroatoms. The molecule has 1 aliphatic heterocycles. The van der Waals surface area contributed by atoms with Gasteiger partial charge in [0.2, 0.25) is 0 Å². The van der Waals surface area contributed by atoms with Crippen LogP contribution in [0.5, 0.6) is 5.75 Å². The normalized spacial score (nSPS) is 17.1. The smallest absolute Gasteiger partial charge is 0.339 e. The Bertz CT molecular complexity index is 569. The quantitative estimate of drug-likeness (QED) is 0.774. The van der Waals surface area contributed by atoms with Gasteiger partial charge in [0.15, 0.2) is 5.78 Å². The monoisotopic (exact) mass is 371 g/mol. The SMILES string of the molecule is COC(=O)c1cc(NC2CCOC2)c(OCC(C)=O)cc1Br. The number of methoxy groups -OCH3 is 1. The highest BCUT2D eigenvalue weighted by Gasteiger charge is 2.20. The van der Waals surface area contributed by atoms with E-state index in [4.69, 9.17) is 14.2 Å². The van der Waals surface area contributed by atoms with Gasteiger partial charge in [-0.25, -0.2) is 4.79 Å². The maximum Gasteiger partial charge on any atom is 0.339 e. The molecule has 1 atom stereocenters. The van der Waals surface area contributed by atoms with Crippen molar-refractivity contribution in [3.63, 3.8) is 0 Å². The van der Waals surface area contributed by atoms with Crippen molar-refractivity contribution in [2.24, 2.45) is 0 Å². The molecule has 1 unspecified atom stereocenters. The molecule has 1 aromatic carbocycles. The predicted octanol–water partition coefficient (Wildman–Crippen LogP) is 2.40. The third-order valence-electron chi connectivity index (χ3n) is 3.19. The fraction of sp³-hybridized carbons (Fsp3) is 0.467. The molecule has 0 bridgehead atoms. The van der Waals surface area contributed by atoms with Crippen molar-refractivity contribution in [2.75, 3.05) is 32.2 Å². The lowest BCUT2D eigenvalue weighted by molar-refractivity contribution is -0.118. The van der Waals surface area contributed by atoms with Crippen LogP contribution in [0.3, 0.4) is 0 Å². The second kappa shape index (κ2) is 7.60. The van der Waals surface area contributed by atoms with Gasteiger partial charge in [-0.3, -0.25) is 4.79 Å². The largest absolute Gasteiger partial charge is 0.484 e. The van der Waals surface area contributed by atoms with E-state index in [0.29, 0.717) is 34.7 Å². The number of carbonyl (C=O) groups is 2. The number of halogens is 1. The Balaban J connectivity index is 2.30. The molecule has 1 N–H and O–H groups in total. The van der Waals surface area contributed by atoms with Crippen LogP contribution < -0.4 is 10.1 Å². The molecule has 0 radical (unpaired) electrons. The average molecular weight is 372 g/mol. The van der Waals surface area contributed by atoms with Crippen LogP contribution in [0.4, 0.5) is 5.69 Å². The first-order valence-corrected chi connectivity index (χ1v) is 7.69. The van der Waals surface area contributed by atoms with Gasteiger partial charge >= 0.3 is 5.97 Å². The Kier molecular flexibility index (Phi) is 5.79. The van der Waals surface area contributed by atoms with Gasteiger partial charge in [0, 0.05) is 11.1 Å². The fourth-order valence-electron chi connectivity index (χ4n) is 2.10. The van der Waals surface area contributed by atoms with Crippen molar-refractivity contribution in [3.05, 3.63) is 22.2 Å². The molecule has 1 aliphatic rings. The zero-order valence-electron chi connectivity index (χ0n) is 12.5. The van der Waals surface area contributed by atoms with Gasteiger partial charge in [-0.15, -0.1) is 0 Å². The summed E-state index contributed by atoms with van der Waals surface area (Å²) < 4.78 is 16.2. The first-order chi connectivity index (χ1) is 10.5. The molecule has 0 saturated carbocycles. The summed E-state index contributed by atoms with van der Waals surface area (Å²) in [5, 5.41) is 3.29. The molecule has 1 aromatic rings. The van der Waals surface area contributed by atoms with E-state index >= 15 is 0 Å². The van der Waals surface area contributed by atoms with E-state index in [9.17, 15) is 9.59 Å². The molecule has 1 saturated heterocycles. The molecule has 1 fully saturated rings. The maximum atomic E-state index is 11.8. The lowest BCUT2D eigenvalue weighted by Gasteiger charge is -2.18. The van der Waals surface area contributed by atoms with Crippen LogP contribution in [0.1, 0.15) is 23.7 Å². The van der Waals surface area contributed by atoms with Crippen LogP contribution >= 0.6 is 15.9 Å². The fourth-order valence-corrected chi connectivity index (χ4v) is 2.59. The van der Waals surface area contributed by atoms with Crippen molar-refractivity contribution < 1.29 is 23.8 Å². The molecule has 0 aromatic heterocycles. The Labute approximate surface area is 137 Å². The van der Waals surface area contributed by atoms with Crippen molar-refractivity contribution in [1.29, 1.82) is 0 Å². The molecule has 0 aliphatic carbocycles. The van der Waals surface area contributed by atoms with E-state index in [1.807, 2.05) is 0 Å². The first kappa shape index (κ1) is 16.8. The number of anilines is 1. The van der Waals surface area contributed by atoms with Crippen molar-refractivity contribution in [1.82, 2.24) is 0 Å². The molecule has 0 amide bonds. The summed E-state index contributed by atoms with van der Waals surface area (Å²) in [4.78, 5) is 22.9. The Hall–Kier alpha value is -1.60. The molecule has 2 rings (SSSR count). The van der Waals surface area contributed by atoms with E-state index in [-0.39, 0.29) is 18.4 Å². The van der Waals surface area contributed by atoms with Gasteiger partial charge in [-0.2, -0.15) is 0 Å². The van der Waals surface area contributed by atoms with E-state index in [1.165, 1.54) is 14.0 Å². The molecule has 1 heterocycles. The highest BCUT2D eigenvalue weighted by atomic mass is 79.9. The second-order valence-corrected chi connectivity index (χ2v) is 5.87. The van der Waals surface area contributed by atoms with Crippen molar-refractivity contribution in [3.8, 4) is 5.75 Å². The number of carbonyl (C=O) groups excluding carboxylic acids is 2. The summed E-state index contributed by atoms with van der Waals surface area (Å²) >= 11 is 3.32. The zero-order valence-corrected chi connectivity index (χ0v) is 14.1. The third-order valence-corrected chi connectivity index (χ3v) is 3.85. The molecule has 6 nitrogen and oxygen atoms in total. The number of ether oxygens (including phenoxy) is 3. The number of hydrogen-bond acceptors (Lipinski definition) is 6. The van der Waals surface area contributed by atoms with Crippen LogP contribution in [0.2, 0.25) is 0 Å². The van der Waals surface area contributed by atoms with Gasteiger partial charge in [-0.1, -0.05) is 0 Å². The molecule has 0 spiro atoms. The van der Waals surface area contributed by atoms with Gasteiger partial charge in [0.25, 0.3) is 0 Å². The summed E-state index contributed by atoms with van der Waals surface area (Å²) in [5.74, 6) is -0.0272. The summed E-state index contributed by atoms with van der Waals surface area (Å²) in [6.07, 6.45) is 0.871. The van der Waals surface area contributed by atoms with Crippen LogP contribution in [-0.2, 0) is 14.3 Å². The number of ketones is 1. The summed E-state index contributed by atoms with van der Waals surface area (Å²) in [5.41, 5.74) is 1.03. The third kappa shape index (κ3) is 4.20.